The molecule has 0 amide bonds. The molecule has 2 aromatic carbocycles. The van der Waals surface area contributed by atoms with Crippen LogP contribution in [-0.2, 0) is 13.2 Å². The van der Waals surface area contributed by atoms with Crippen molar-refractivity contribution in [1.82, 2.24) is 14.5 Å². The zero-order chi connectivity index (χ0) is 19.0. The molecule has 2 heterocycles. The lowest BCUT2D eigenvalue weighted by Gasteiger charge is -2.20. The second-order valence-corrected chi connectivity index (χ2v) is 7.50. The summed E-state index contributed by atoms with van der Waals surface area (Å²) < 4.78 is 7.99. The van der Waals surface area contributed by atoms with E-state index in [1.807, 2.05) is 55.5 Å². The summed E-state index contributed by atoms with van der Waals surface area (Å²) in [5.41, 5.74) is 2.98. The van der Waals surface area contributed by atoms with Gasteiger partial charge < -0.3 is 14.4 Å². The monoisotopic (exact) mass is 361 g/mol. The first-order chi connectivity index (χ1) is 12.9. The summed E-state index contributed by atoms with van der Waals surface area (Å²) in [6.45, 7) is 6.55. The molecule has 0 saturated heterocycles. The van der Waals surface area contributed by atoms with E-state index in [0.29, 0.717) is 13.2 Å². The Balaban J connectivity index is 1.72. The molecule has 0 aliphatic rings. The molecule has 138 valence electrons. The third-order valence-electron chi connectivity index (χ3n) is 4.53. The van der Waals surface area contributed by atoms with Gasteiger partial charge in [-0.1, -0.05) is 30.3 Å². The summed E-state index contributed by atoms with van der Waals surface area (Å²) in [5.74, 6) is 1.65. The number of aliphatic hydroxyl groups is 1. The Hall–Kier alpha value is -2.92. The van der Waals surface area contributed by atoms with E-state index in [2.05, 4.69) is 14.5 Å². The molecule has 5 nitrogen and oxygen atoms in total. The average Bonchev–Trinajstić information content (AvgIpc) is 2.95. The van der Waals surface area contributed by atoms with E-state index in [-0.39, 0.29) is 0 Å². The maximum Gasteiger partial charge on any atom is 0.122 e. The third-order valence-corrected chi connectivity index (χ3v) is 4.53. The van der Waals surface area contributed by atoms with Crippen molar-refractivity contribution in [2.45, 2.75) is 39.5 Å². The van der Waals surface area contributed by atoms with Crippen LogP contribution in [0.5, 0.6) is 5.75 Å². The quantitative estimate of drug-likeness (QED) is 0.577. The molecule has 0 spiro atoms. The Kier molecular flexibility index (Phi) is 4.32. The Bertz CT molecular complexity index is 1100. The van der Waals surface area contributed by atoms with Crippen molar-refractivity contribution < 1.29 is 9.84 Å². The Morgan fingerprint density at radius 2 is 1.85 bits per heavy atom. The van der Waals surface area contributed by atoms with Gasteiger partial charge in [-0.05, 0) is 38.5 Å². The molecular weight excluding hydrogens is 338 g/mol. The summed E-state index contributed by atoms with van der Waals surface area (Å²) in [4.78, 5) is 9.16. The summed E-state index contributed by atoms with van der Waals surface area (Å²) >= 11 is 0. The van der Waals surface area contributed by atoms with Crippen molar-refractivity contribution in [2.24, 2.45) is 0 Å². The highest BCUT2D eigenvalue weighted by Crippen LogP contribution is 2.28. The number of rotatable bonds is 5. The minimum Gasteiger partial charge on any atom is -0.489 e. The van der Waals surface area contributed by atoms with Gasteiger partial charge >= 0.3 is 0 Å². The van der Waals surface area contributed by atoms with Crippen LogP contribution >= 0.6 is 0 Å². The van der Waals surface area contributed by atoms with Gasteiger partial charge in [0.1, 0.15) is 23.7 Å². The molecule has 0 radical (unpaired) electrons. The molecule has 2 aromatic heterocycles. The van der Waals surface area contributed by atoms with Gasteiger partial charge in [-0.2, -0.15) is 0 Å². The van der Waals surface area contributed by atoms with Crippen LogP contribution in [0.4, 0.5) is 0 Å². The zero-order valence-electron chi connectivity index (χ0n) is 15.8. The highest BCUT2D eigenvalue weighted by atomic mass is 16.5. The van der Waals surface area contributed by atoms with Crippen LogP contribution in [0, 0.1) is 6.92 Å². The van der Waals surface area contributed by atoms with E-state index < -0.39 is 5.60 Å². The van der Waals surface area contributed by atoms with Crippen LogP contribution in [-0.4, -0.2) is 25.2 Å². The number of ether oxygens (including phenoxy) is 1. The maximum atomic E-state index is 10.3. The number of aromatic nitrogens is 3. The van der Waals surface area contributed by atoms with E-state index in [4.69, 9.17) is 4.74 Å². The van der Waals surface area contributed by atoms with Crippen LogP contribution < -0.4 is 4.74 Å². The lowest BCUT2D eigenvalue weighted by molar-refractivity contribution is 0.0621. The number of aryl methyl sites for hydroxylation is 1. The number of pyridine rings is 1. The summed E-state index contributed by atoms with van der Waals surface area (Å²) in [5, 5.41) is 11.3. The SMILES string of the molecule is Cc1nc2cnc3cc(OCc4ccccc4)ccc3c2n1CC(C)(C)O. The minimum absolute atomic E-state index is 0.473. The molecule has 4 rings (SSSR count). The second-order valence-electron chi connectivity index (χ2n) is 7.50. The fraction of sp³-hybridized carbons (Fsp3) is 0.273. The molecular formula is C22H23N3O2. The predicted octanol–water partition coefficient (Wildman–Crippen LogP) is 4.24. The van der Waals surface area contributed by atoms with Gasteiger partial charge in [-0.3, -0.25) is 4.98 Å². The van der Waals surface area contributed by atoms with E-state index in [1.165, 1.54) is 0 Å². The van der Waals surface area contributed by atoms with Crippen LogP contribution in [0.15, 0.2) is 54.7 Å². The van der Waals surface area contributed by atoms with Crippen molar-refractivity contribution in [3.8, 4) is 5.75 Å². The van der Waals surface area contributed by atoms with Crippen molar-refractivity contribution >= 4 is 21.9 Å². The highest BCUT2D eigenvalue weighted by Gasteiger charge is 2.19. The standard InChI is InChI=1S/C22H23N3O2/c1-15-24-20-12-23-19-11-17(27-13-16-7-5-4-6-8-16)9-10-18(19)21(20)25(15)14-22(2,3)26/h4-12,26H,13-14H2,1-3H3. The topological polar surface area (TPSA) is 60.2 Å². The van der Waals surface area contributed by atoms with E-state index >= 15 is 0 Å². The van der Waals surface area contributed by atoms with Gasteiger partial charge in [0.2, 0.25) is 0 Å². The van der Waals surface area contributed by atoms with Crippen LogP contribution in [0.25, 0.3) is 21.9 Å². The molecule has 0 saturated carbocycles. The highest BCUT2D eigenvalue weighted by molar-refractivity contribution is 6.02. The fourth-order valence-corrected chi connectivity index (χ4v) is 3.32. The largest absolute Gasteiger partial charge is 0.489 e. The van der Waals surface area contributed by atoms with Crippen molar-refractivity contribution in [1.29, 1.82) is 0 Å². The molecule has 0 unspecified atom stereocenters. The van der Waals surface area contributed by atoms with E-state index in [9.17, 15) is 5.11 Å². The van der Waals surface area contributed by atoms with Crippen molar-refractivity contribution in [3.05, 3.63) is 66.1 Å². The molecule has 0 atom stereocenters. The van der Waals surface area contributed by atoms with Gasteiger partial charge in [0.15, 0.2) is 0 Å². The first kappa shape index (κ1) is 17.5. The van der Waals surface area contributed by atoms with Gasteiger partial charge in [-0.25, -0.2) is 4.98 Å². The predicted molar refractivity (Wildman–Crippen MR) is 107 cm³/mol. The third kappa shape index (κ3) is 3.64. The molecule has 1 N–H and O–H groups in total. The lowest BCUT2D eigenvalue weighted by Crippen LogP contribution is -2.26. The lowest BCUT2D eigenvalue weighted by atomic mass is 10.1. The average molecular weight is 361 g/mol. The van der Waals surface area contributed by atoms with Crippen LogP contribution in [0.2, 0.25) is 0 Å². The first-order valence-electron chi connectivity index (χ1n) is 9.05. The van der Waals surface area contributed by atoms with Crippen LogP contribution in [0.1, 0.15) is 25.2 Å². The second kappa shape index (κ2) is 6.67. The molecule has 27 heavy (non-hydrogen) atoms. The molecule has 5 heteroatoms. The molecule has 0 bridgehead atoms. The van der Waals surface area contributed by atoms with Crippen LogP contribution in [0.3, 0.4) is 0 Å². The van der Waals surface area contributed by atoms with Gasteiger partial charge in [0.25, 0.3) is 0 Å². The number of hydrogen-bond acceptors (Lipinski definition) is 4. The van der Waals surface area contributed by atoms with Gasteiger partial charge in [0, 0.05) is 11.5 Å². The maximum absolute atomic E-state index is 10.3. The minimum atomic E-state index is -0.827. The Labute approximate surface area is 158 Å². The summed E-state index contributed by atoms with van der Waals surface area (Å²) in [7, 11) is 0. The van der Waals surface area contributed by atoms with E-state index in [0.717, 1.165) is 39.1 Å². The van der Waals surface area contributed by atoms with Crippen molar-refractivity contribution in [3.63, 3.8) is 0 Å². The van der Waals surface area contributed by atoms with Gasteiger partial charge in [-0.15, -0.1) is 0 Å². The zero-order valence-corrected chi connectivity index (χ0v) is 15.8. The first-order valence-corrected chi connectivity index (χ1v) is 9.05. The van der Waals surface area contributed by atoms with Crippen molar-refractivity contribution in [2.75, 3.05) is 0 Å². The Morgan fingerprint density at radius 1 is 1.07 bits per heavy atom. The number of benzene rings is 2. The Morgan fingerprint density at radius 3 is 2.59 bits per heavy atom. The molecule has 4 aromatic rings. The molecule has 0 fully saturated rings. The molecule has 0 aliphatic carbocycles. The number of nitrogens with zero attached hydrogens (tertiary/aromatic N) is 3. The fourth-order valence-electron chi connectivity index (χ4n) is 3.32. The smallest absolute Gasteiger partial charge is 0.122 e. The summed E-state index contributed by atoms with van der Waals surface area (Å²) in [6.07, 6.45) is 1.78. The summed E-state index contributed by atoms with van der Waals surface area (Å²) in [6, 6.07) is 16.0. The molecule has 0 aliphatic heterocycles. The number of hydrogen-bond donors (Lipinski definition) is 1. The van der Waals surface area contributed by atoms with Gasteiger partial charge in [0.05, 0.1) is 29.4 Å². The number of fused-ring (bicyclic) bond motifs is 3. The normalized spacial score (nSPS) is 12.0. The number of imidazole rings is 1. The van der Waals surface area contributed by atoms with E-state index in [1.54, 1.807) is 20.0 Å².